The molecule has 11 heteroatoms. The lowest BCUT2D eigenvalue weighted by Crippen LogP contribution is -2.22. The number of imidazole rings is 1. The molecule has 0 spiro atoms. The lowest BCUT2D eigenvalue weighted by atomic mass is 10.2. The van der Waals surface area contributed by atoms with E-state index in [0.717, 1.165) is 6.92 Å². The number of ether oxygens (including phenoxy) is 1. The molecule has 0 bridgehead atoms. The van der Waals surface area contributed by atoms with Gasteiger partial charge in [-0.25, -0.2) is 13.8 Å². The summed E-state index contributed by atoms with van der Waals surface area (Å²) in [5.74, 6) is -1.89. The van der Waals surface area contributed by atoms with E-state index in [1.54, 1.807) is 41.5 Å². The molecule has 4 rings (SSSR count). The molecule has 0 atom stereocenters. The Bertz CT molecular complexity index is 1190. The van der Waals surface area contributed by atoms with E-state index in [4.69, 9.17) is 26.2 Å². The normalized spacial score (nSPS) is 11.4. The SMILES string of the molecule is COc1cnn(Cc2nc3cnc4ccc(Cl)cc4c3n2CC(C)(F)F)c1.O=CO. The molecular weight excluding hydrogens is 420 g/mol. The first kappa shape index (κ1) is 21.4. The Morgan fingerprint density at radius 3 is 2.67 bits per heavy atom. The number of aromatic nitrogens is 5. The maximum absolute atomic E-state index is 13.9. The van der Waals surface area contributed by atoms with Crippen LogP contribution in [-0.4, -0.2) is 48.9 Å². The van der Waals surface area contributed by atoms with E-state index in [1.165, 1.54) is 11.7 Å². The summed E-state index contributed by atoms with van der Waals surface area (Å²) in [5.41, 5.74) is 1.78. The van der Waals surface area contributed by atoms with E-state index in [0.29, 0.717) is 38.5 Å². The van der Waals surface area contributed by atoms with Crippen LogP contribution in [0.2, 0.25) is 5.02 Å². The highest BCUT2D eigenvalue weighted by molar-refractivity contribution is 6.31. The van der Waals surface area contributed by atoms with Crippen LogP contribution >= 0.6 is 11.6 Å². The second-order valence-corrected chi connectivity index (χ2v) is 6.96. The number of hydrogen-bond acceptors (Lipinski definition) is 5. The Hall–Kier alpha value is -3.27. The highest BCUT2D eigenvalue weighted by Crippen LogP contribution is 2.29. The van der Waals surface area contributed by atoms with Crippen molar-refractivity contribution < 1.29 is 23.4 Å². The lowest BCUT2D eigenvalue weighted by Gasteiger charge is -2.15. The number of alkyl halides is 2. The summed E-state index contributed by atoms with van der Waals surface area (Å²) >= 11 is 6.13. The summed E-state index contributed by atoms with van der Waals surface area (Å²) in [5, 5.41) is 12.3. The van der Waals surface area contributed by atoms with Gasteiger partial charge in [-0.15, -0.1) is 0 Å². The van der Waals surface area contributed by atoms with Crippen LogP contribution in [0, 0.1) is 0 Å². The third-order valence-corrected chi connectivity index (χ3v) is 4.43. The molecular formula is C19H18ClF2N5O3. The van der Waals surface area contributed by atoms with Gasteiger partial charge in [0.25, 0.3) is 12.4 Å². The number of pyridine rings is 1. The van der Waals surface area contributed by atoms with Crippen molar-refractivity contribution in [3.8, 4) is 5.75 Å². The van der Waals surface area contributed by atoms with Gasteiger partial charge < -0.3 is 14.4 Å². The van der Waals surface area contributed by atoms with Gasteiger partial charge in [0.15, 0.2) is 5.75 Å². The number of benzene rings is 1. The first-order valence-corrected chi connectivity index (χ1v) is 9.09. The topological polar surface area (TPSA) is 95.1 Å². The molecule has 0 saturated heterocycles. The average molecular weight is 438 g/mol. The van der Waals surface area contributed by atoms with E-state index in [1.807, 2.05) is 0 Å². The van der Waals surface area contributed by atoms with Crippen LogP contribution in [-0.2, 0) is 17.9 Å². The second-order valence-electron chi connectivity index (χ2n) is 6.52. The van der Waals surface area contributed by atoms with Gasteiger partial charge in [-0.2, -0.15) is 5.10 Å². The number of hydrogen-bond donors (Lipinski definition) is 1. The van der Waals surface area contributed by atoms with Gasteiger partial charge in [-0.05, 0) is 18.2 Å². The predicted octanol–water partition coefficient (Wildman–Crippen LogP) is 3.85. The Kier molecular flexibility index (Phi) is 6.16. The van der Waals surface area contributed by atoms with Gasteiger partial charge in [0.05, 0.1) is 49.8 Å². The van der Waals surface area contributed by atoms with E-state index in [-0.39, 0.29) is 13.0 Å². The average Bonchev–Trinajstić information content (AvgIpc) is 3.26. The minimum absolute atomic E-state index is 0.218. The molecule has 8 nitrogen and oxygen atoms in total. The number of carbonyl (C=O) groups is 1. The summed E-state index contributed by atoms with van der Waals surface area (Å²) in [4.78, 5) is 17.3. The quantitative estimate of drug-likeness (QED) is 0.476. The number of carboxylic acid groups (broad SMARTS) is 1. The van der Waals surface area contributed by atoms with Crippen LogP contribution in [0.1, 0.15) is 12.7 Å². The number of nitrogens with zero attached hydrogens (tertiary/aromatic N) is 5. The molecule has 0 radical (unpaired) electrons. The lowest BCUT2D eigenvalue weighted by molar-refractivity contribution is -0.122. The maximum atomic E-state index is 13.9. The minimum Gasteiger partial charge on any atom is -0.493 e. The highest BCUT2D eigenvalue weighted by atomic mass is 35.5. The van der Waals surface area contributed by atoms with E-state index in [2.05, 4.69) is 15.1 Å². The summed E-state index contributed by atoms with van der Waals surface area (Å²) in [6.45, 7) is 0.342. The van der Waals surface area contributed by atoms with Gasteiger partial charge in [0, 0.05) is 17.3 Å². The fraction of sp³-hybridized carbons (Fsp3) is 0.263. The molecule has 0 aliphatic rings. The van der Waals surface area contributed by atoms with Crippen LogP contribution in [0.25, 0.3) is 21.9 Å². The highest BCUT2D eigenvalue weighted by Gasteiger charge is 2.26. The van der Waals surface area contributed by atoms with E-state index < -0.39 is 12.5 Å². The first-order valence-electron chi connectivity index (χ1n) is 8.71. The van der Waals surface area contributed by atoms with Gasteiger partial charge in [-0.1, -0.05) is 11.6 Å². The van der Waals surface area contributed by atoms with Crippen LogP contribution in [0.15, 0.2) is 36.8 Å². The fourth-order valence-electron chi connectivity index (χ4n) is 3.08. The Morgan fingerprint density at radius 2 is 2.03 bits per heavy atom. The van der Waals surface area contributed by atoms with Crippen molar-refractivity contribution in [3.63, 3.8) is 0 Å². The van der Waals surface area contributed by atoms with Crippen molar-refractivity contribution in [2.24, 2.45) is 0 Å². The van der Waals surface area contributed by atoms with Crippen molar-refractivity contribution in [2.75, 3.05) is 7.11 Å². The molecule has 0 aliphatic heterocycles. The van der Waals surface area contributed by atoms with Crippen molar-refractivity contribution in [1.82, 2.24) is 24.3 Å². The van der Waals surface area contributed by atoms with Crippen LogP contribution in [0.3, 0.4) is 0 Å². The molecule has 158 valence electrons. The standard InChI is InChI=1S/C18H16ClF2N5O.CH2O2/c1-18(20,21)10-26-16(9-25-8-12(27-2)6-23-25)24-15-7-22-14-4-3-11(19)5-13(14)17(15)26;2-1-3/h3-8H,9-10H2,1-2H3;1H,(H,2,3). The third kappa shape index (κ3) is 4.65. The van der Waals surface area contributed by atoms with Crippen molar-refractivity contribution in [2.45, 2.75) is 25.9 Å². The molecule has 4 aromatic rings. The van der Waals surface area contributed by atoms with Crippen molar-refractivity contribution in [1.29, 1.82) is 0 Å². The molecule has 1 N–H and O–H groups in total. The third-order valence-electron chi connectivity index (χ3n) is 4.20. The molecule has 3 aromatic heterocycles. The van der Waals surface area contributed by atoms with Crippen molar-refractivity contribution >= 4 is 40.0 Å². The Balaban J connectivity index is 0.000000806. The molecule has 30 heavy (non-hydrogen) atoms. The van der Waals surface area contributed by atoms with Gasteiger partial charge in [0.1, 0.15) is 11.3 Å². The molecule has 0 amide bonds. The smallest absolute Gasteiger partial charge is 0.290 e. The number of rotatable bonds is 5. The Labute approximate surface area is 174 Å². The summed E-state index contributed by atoms with van der Waals surface area (Å²) < 4.78 is 36.1. The molecule has 1 aromatic carbocycles. The molecule has 0 unspecified atom stereocenters. The van der Waals surface area contributed by atoms with Crippen LogP contribution in [0.5, 0.6) is 5.75 Å². The first-order chi connectivity index (χ1) is 14.3. The number of fused-ring (bicyclic) bond motifs is 3. The molecule has 0 saturated carbocycles. The summed E-state index contributed by atoms with van der Waals surface area (Å²) in [7, 11) is 1.54. The van der Waals surface area contributed by atoms with Crippen LogP contribution < -0.4 is 4.74 Å². The zero-order valence-electron chi connectivity index (χ0n) is 16.1. The summed E-state index contributed by atoms with van der Waals surface area (Å²) in [6.07, 6.45) is 4.82. The van der Waals surface area contributed by atoms with Gasteiger partial charge in [0.2, 0.25) is 0 Å². The van der Waals surface area contributed by atoms with Crippen LogP contribution in [0.4, 0.5) is 8.78 Å². The minimum atomic E-state index is -2.92. The molecule has 0 aliphatic carbocycles. The van der Waals surface area contributed by atoms with Gasteiger partial charge >= 0.3 is 0 Å². The fourth-order valence-corrected chi connectivity index (χ4v) is 3.26. The Morgan fingerprint density at radius 1 is 1.30 bits per heavy atom. The predicted molar refractivity (Wildman–Crippen MR) is 107 cm³/mol. The zero-order valence-corrected chi connectivity index (χ0v) is 16.8. The zero-order chi connectivity index (χ0) is 21.9. The monoisotopic (exact) mass is 437 g/mol. The second kappa shape index (κ2) is 8.62. The molecule has 3 heterocycles. The summed E-state index contributed by atoms with van der Waals surface area (Å²) in [6, 6.07) is 5.20. The largest absolute Gasteiger partial charge is 0.493 e. The van der Waals surface area contributed by atoms with Crippen molar-refractivity contribution in [3.05, 3.63) is 47.6 Å². The van der Waals surface area contributed by atoms with E-state index in [9.17, 15) is 8.78 Å². The molecule has 0 fully saturated rings. The van der Waals surface area contributed by atoms with Gasteiger partial charge in [-0.3, -0.25) is 14.5 Å². The van der Waals surface area contributed by atoms with E-state index >= 15 is 0 Å². The number of halogens is 3. The maximum Gasteiger partial charge on any atom is 0.290 e. The number of methoxy groups -OCH3 is 1.